The van der Waals surface area contributed by atoms with Crippen molar-refractivity contribution in [3.05, 3.63) is 41.5 Å². The molecule has 0 spiro atoms. The van der Waals surface area contributed by atoms with Crippen molar-refractivity contribution in [3.8, 4) is 0 Å². The van der Waals surface area contributed by atoms with E-state index in [0.29, 0.717) is 0 Å². The third kappa shape index (κ3) is 3.99. The Balaban J connectivity index is 2.54. The van der Waals surface area contributed by atoms with Gasteiger partial charge in [-0.3, -0.25) is 0 Å². The van der Waals surface area contributed by atoms with Crippen molar-refractivity contribution in [2.24, 2.45) is 0 Å². The summed E-state index contributed by atoms with van der Waals surface area (Å²) < 4.78 is 0. The van der Waals surface area contributed by atoms with Gasteiger partial charge in [0.05, 0.1) is 0 Å². The molecule has 0 aromatic heterocycles. The number of allylic oxidation sites excluding steroid dienone is 1. The first-order valence-electron chi connectivity index (χ1n) is 4.84. The summed E-state index contributed by atoms with van der Waals surface area (Å²) in [7, 11) is 0. The second kappa shape index (κ2) is 6.68. The van der Waals surface area contributed by atoms with Gasteiger partial charge in [0, 0.05) is 6.61 Å². The quantitative estimate of drug-likeness (QED) is 0.713. The van der Waals surface area contributed by atoms with Crippen LogP contribution >= 0.6 is 12.6 Å². The number of hydrogen-bond donors (Lipinski definition) is 2. The molecule has 0 aliphatic heterocycles. The molecule has 2 heteroatoms. The molecule has 0 fully saturated rings. The molecule has 1 aromatic carbocycles. The smallest absolute Gasteiger partial charge is 0.0471 e. The van der Waals surface area contributed by atoms with Gasteiger partial charge in [0.2, 0.25) is 0 Å². The van der Waals surface area contributed by atoms with E-state index in [1.54, 1.807) is 0 Å². The maximum absolute atomic E-state index is 8.74. The molecule has 14 heavy (non-hydrogen) atoms. The molecule has 0 aliphatic carbocycles. The summed E-state index contributed by atoms with van der Waals surface area (Å²) in [4.78, 5) is 0. The lowest BCUT2D eigenvalue weighted by Crippen LogP contribution is -1.89. The predicted octanol–water partition coefficient (Wildman–Crippen LogP) is 2.55. The van der Waals surface area contributed by atoms with Crippen LogP contribution in [-0.4, -0.2) is 17.5 Å². The molecule has 0 unspecified atom stereocenters. The highest BCUT2D eigenvalue weighted by molar-refractivity contribution is 7.80. The Labute approximate surface area is 90.9 Å². The third-order valence-electron chi connectivity index (χ3n) is 1.99. The van der Waals surface area contributed by atoms with E-state index in [1.807, 2.05) is 0 Å². The highest BCUT2D eigenvalue weighted by atomic mass is 32.1. The second-order valence-corrected chi connectivity index (χ2v) is 3.58. The Hall–Kier alpha value is -0.730. The molecule has 0 aliphatic rings. The summed E-state index contributed by atoms with van der Waals surface area (Å²) in [6, 6.07) is 8.24. The summed E-state index contributed by atoms with van der Waals surface area (Å²) in [6.07, 6.45) is 5.95. The lowest BCUT2D eigenvalue weighted by molar-refractivity contribution is 0.299. The van der Waals surface area contributed by atoms with E-state index in [4.69, 9.17) is 5.11 Å². The number of hydrogen-bond acceptors (Lipinski definition) is 2. The Morgan fingerprint density at radius 3 is 2.50 bits per heavy atom. The van der Waals surface area contributed by atoms with Gasteiger partial charge in [-0.25, -0.2) is 0 Å². The van der Waals surface area contributed by atoms with Gasteiger partial charge >= 0.3 is 0 Å². The van der Waals surface area contributed by atoms with Gasteiger partial charge in [0.1, 0.15) is 0 Å². The summed E-state index contributed by atoms with van der Waals surface area (Å²) in [5, 5.41) is 8.74. The average molecular weight is 208 g/mol. The van der Waals surface area contributed by atoms with Gasteiger partial charge in [-0.15, -0.1) is 0 Å². The minimum absolute atomic E-state index is 0.217. The van der Waals surface area contributed by atoms with Crippen molar-refractivity contribution in [1.29, 1.82) is 0 Å². The molecule has 1 N–H and O–H groups in total. The summed E-state index contributed by atoms with van der Waals surface area (Å²) >= 11 is 4.13. The Morgan fingerprint density at radius 1 is 1.21 bits per heavy atom. The normalized spacial score (nSPS) is 11.0. The van der Waals surface area contributed by atoms with Gasteiger partial charge in [-0.1, -0.05) is 36.4 Å². The van der Waals surface area contributed by atoms with Crippen molar-refractivity contribution in [2.75, 3.05) is 12.4 Å². The summed E-state index contributed by atoms with van der Waals surface area (Å²) in [6.45, 7) is 0.217. The van der Waals surface area contributed by atoms with Gasteiger partial charge in [0.15, 0.2) is 0 Å². The van der Waals surface area contributed by atoms with Gasteiger partial charge in [-0.2, -0.15) is 12.6 Å². The van der Waals surface area contributed by atoms with E-state index in [1.165, 1.54) is 11.1 Å². The lowest BCUT2D eigenvalue weighted by atomic mass is 10.1. The first-order chi connectivity index (χ1) is 6.86. The van der Waals surface area contributed by atoms with Crippen LogP contribution in [0.15, 0.2) is 30.3 Å². The Bertz CT molecular complexity index is 277. The van der Waals surface area contributed by atoms with Crippen LogP contribution in [0.2, 0.25) is 0 Å². The molecule has 1 aromatic rings. The molecule has 0 saturated carbocycles. The van der Waals surface area contributed by atoms with E-state index >= 15 is 0 Å². The SMILES string of the molecule is OCCc1ccc(C=CCCS)cc1. The molecule has 0 heterocycles. The Kier molecular flexibility index (Phi) is 5.42. The molecule has 76 valence electrons. The fraction of sp³-hybridized carbons (Fsp3) is 0.333. The third-order valence-corrected chi connectivity index (χ3v) is 2.24. The van der Waals surface area contributed by atoms with Crippen LogP contribution < -0.4 is 0 Å². The van der Waals surface area contributed by atoms with Gasteiger partial charge in [-0.05, 0) is 29.7 Å². The number of thiol groups is 1. The number of rotatable bonds is 5. The van der Waals surface area contributed by atoms with Crippen LogP contribution in [0.3, 0.4) is 0 Å². The monoisotopic (exact) mass is 208 g/mol. The standard InChI is InChI=1S/C12H16OS/c13-9-8-12-6-4-11(5-7-12)3-1-2-10-14/h1,3-7,13-14H,2,8-10H2. The van der Waals surface area contributed by atoms with Crippen LogP contribution in [0.5, 0.6) is 0 Å². The molecule has 0 bridgehead atoms. The molecule has 0 saturated heterocycles. The van der Waals surface area contributed by atoms with Crippen molar-refractivity contribution in [1.82, 2.24) is 0 Å². The number of aliphatic hydroxyl groups is 1. The molecule has 1 nitrogen and oxygen atoms in total. The minimum Gasteiger partial charge on any atom is -0.396 e. The zero-order valence-electron chi connectivity index (χ0n) is 8.19. The fourth-order valence-corrected chi connectivity index (χ4v) is 1.37. The Morgan fingerprint density at radius 2 is 1.93 bits per heavy atom. The molecular formula is C12H16OS. The number of aliphatic hydroxyl groups excluding tert-OH is 1. The van der Waals surface area contributed by atoms with Crippen molar-refractivity contribution in [2.45, 2.75) is 12.8 Å². The predicted molar refractivity (Wildman–Crippen MR) is 64.7 cm³/mol. The van der Waals surface area contributed by atoms with Crippen molar-refractivity contribution < 1.29 is 5.11 Å². The van der Waals surface area contributed by atoms with Crippen LogP contribution in [0, 0.1) is 0 Å². The highest BCUT2D eigenvalue weighted by Crippen LogP contribution is 2.07. The van der Waals surface area contributed by atoms with Crippen LogP contribution in [0.4, 0.5) is 0 Å². The minimum atomic E-state index is 0.217. The molecule has 0 radical (unpaired) electrons. The highest BCUT2D eigenvalue weighted by Gasteiger charge is 1.90. The first-order valence-corrected chi connectivity index (χ1v) is 5.47. The van der Waals surface area contributed by atoms with Crippen LogP contribution in [-0.2, 0) is 6.42 Å². The van der Waals surface area contributed by atoms with E-state index in [9.17, 15) is 0 Å². The molecule has 1 rings (SSSR count). The van der Waals surface area contributed by atoms with E-state index in [2.05, 4.69) is 49.0 Å². The maximum atomic E-state index is 8.74. The van der Waals surface area contributed by atoms with E-state index in [0.717, 1.165) is 18.6 Å². The van der Waals surface area contributed by atoms with Crippen molar-refractivity contribution >= 4 is 18.7 Å². The first kappa shape index (κ1) is 11.3. The van der Waals surface area contributed by atoms with E-state index < -0.39 is 0 Å². The zero-order chi connectivity index (χ0) is 10.2. The lowest BCUT2D eigenvalue weighted by Gasteiger charge is -1.98. The summed E-state index contributed by atoms with van der Waals surface area (Å²) in [5.74, 6) is 0.888. The second-order valence-electron chi connectivity index (χ2n) is 3.13. The molecule has 0 atom stereocenters. The van der Waals surface area contributed by atoms with Crippen LogP contribution in [0.25, 0.3) is 6.08 Å². The average Bonchev–Trinajstić information content (AvgIpc) is 2.21. The number of benzene rings is 1. The molecule has 0 amide bonds. The fourth-order valence-electron chi connectivity index (χ4n) is 1.22. The van der Waals surface area contributed by atoms with Crippen LogP contribution in [0.1, 0.15) is 17.5 Å². The van der Waals surface area contributed by atoms with Gasteiger partial charge in [0.25, 0.3) is 0 Å². The maximum Gasteiger partial charge on any atom is 0.0471 e. The van der Waals surface area contributed by atoms with Gasteiger partial charge < -0.3 is 5.11 Å². The van der Waals surface area contributed by atoms with E-state index in [-0.39, 0.29) is 6.61 Å². The topological polar surface area (TPSA) is 20.2 Å². The zero-order valence-corrected chi connectivity index (χ0v) is 9.08. The molecular weight excluding hydrogens is 192 g/mol. The largest absolute Gasteiger partial charge is 0.396 e. The van der Waals surface area contributed by atoms with Crippen molar-refractivity contribution in [3.63, 3.8) is 0 Å². The summed E-state index contributed by atoms with van der Waals surface area (Å²) in [5.41, 5.74) is 2.38.